The van der Waals surface area contributed by atoms with Gasteiger partial charge in [-0.15, -0.1) is 0 Å². The number of hydrogen-bond donors (Lipinski definition) is 0. The van der Waals surface area contributed by atoms with Crippen LogP contribution in [0.1, 0.15) is 65.6 Å². The van der Waals surface area contributed by atoms with Crippen molar-refractivity contribution < 1.29 is 28.6 Å². The summed E-state index contributed by atoms with van der Waals surface area (Å²) in [5.41, 5.74) is 4.78. The van der Waals surface area contributed by atoms with E-state index in [9.17, 15) is 14.4 Å². The quantitative estimate of drug-likeness (QED) is 0.193. The molecule has 280 valence electrons. The van der Waals surface area contributed by atoms with Crippen molar-refractivity contribution in [2.45, 2.75) is 57.6 Å². The van der Waals surface area contributed by atoms with Gasteiger partial charge in [0.1, 0.15) is 12.4 Å². The zero-order chi connectivity index (χ0) is 37.3. The van der Waals surface area contributed by atoms with Gasteiger partial charge in [-0.05, 0) is 60.9 Å². The van der Waals surface area contributed by atoms with Crippen LogP contribution in [0.25, 0.3) is 10.8 Å². The number of anilines is 1. The summed E-state index contributed by atoms with van der Waals surface area (Å²) in [6, 6.07) is 21.3. The van der Waals surface area contributed by atoms with Crippen LogP contribution in [0.4, 0.5) is 16.2 Å². The highest BCUT2D eigenvalue weighted by Crippen LogP contribution is 2.46. The van der Waals surface area contributed by atoms with Crippen molar-refractivity contribution in [1.29, 1.82) is 0 Å². The third-order valence-electron chi connectivity index (χ3n) is 11.3. The van der Waals surface area contributed by atoms with E-state index < -0.39 is 0 Å². The van der Waals surface area contributed by atoms with Gasteiger partial charge in [0, 0.05) is 68.9 Å². The van der Waals surface area contributed by atoms with Crippen molar-refractivity contribution in [3.63, 3.8) is 0 Å². The molecule has 4 aromatic rings. The summed E-state index contributed by atoms with van der Waals surface area (Å²) in [4.78, 5) is 53.3. The molecule has 2 saturated heterocycles. The predicted octanol–water partition coefficient (Wildman–Crippen LogP) is 6.97. The average molecular weight is 730 g/mol. The minimum absolute atomic E-state index is 0.00691. The van der Waals surface area contributed by atoms with Gasteiger partial charge in [0.25, 0.3) is 5.91 Å². The largest absolute Gasteiger partial charge is 0.493 e. The molecule has 0 saturated carbocycles. The number of piperidine rings is 1. The summed E-state index contributed by atoms with van der Waals surface area (Å²) in [6.45, 7) is 6.50. The smallest absolute Gasteiger partial charge is 0.415 e. The van der Waals surface area contributed by atoms with Crippen LogP contribution in [0.2, 0.25) is 0 Å². The molecule has 54 heavy (non-hydrogen) atoms. The van der Waals surface area contributed by atoms with E-state index in [-0.39, 0.29) is 42.9 Å². The van der Waals surface area contributed by atoms with Crippen LogP contribution in [0.5, 0.6) is 17.2 Å². The fraction of sp³-hybridized carbons (Fsp3) is 0.395. The van der Waals surface area contributed by atoms with Crippen molar-refractivity contribution >= 4 is 46.3 Å². The standard InChI is InChI=1S/C43H47N5O6/c1-4-30-26-48(36-24-37(32-13-5-6-14-33(32)41(30)36)54-43(51)46-18-16-45(2)17-19-46)40(49)21-28-10-9-11-29(20-28)27-53-39-23-35-34(22-38(39)52-3)42(50)47-15-8-7-12-31(47)25-44-35/h5-6,9-11,13-14,20,22-25,30-31H,4,7-8,12,15-19,21,26-27H2,1-3H3/t30-,31+/m1/s1. The number of methoxy groups -OCH3 is 1. The van der Waals surface area contributed by atoms with Crippen LogP contribution in [0.3, 0.4) is 0 Å². The van der Waals surface area contributed by atoms with Crippen LogP contribution in [0, 0.1) is 0 Å². The first-order valence-corrected chi connectivity index (χ1v) is 19.1. The molecule has 11 nitrogen and oxygen atoms in total. The lowest BCUT2D eigenvalue weighted by atomic mass is 9.93. The Balaban J connectivity index is 1.00. The Bertz CT molecular complexity index is 2130. The van der Waals surface area contributed by atoms with Gasteiger partial charge in [-0.3, -0.25) is 14.6 Å². The molecule has 4 aromatic carbocycles. The van der Waals surface area contributed by atoms with E-state index in [1.54, 1.807) is 24.1 Å². The van der Waals surface area contributed by atoms with Gasteiger partial charge < -0.3 is 33.8 Å². The summed E-state index contributed by atoms with van der Waals surface area (Å²) in [5, 5.41) is 1.89. The highest BCUT2D eigenvalue weighted by atomic mass is 16.6. The van der Waals surface area contributed by atoms with Crippen molar-refractivity contribution in [3.8, 4) is 17.2 Å². The van der Waals surface area contributed by atoms with Gasteiger partial charge in [0.2, 0.25) is 5.91 Å². The number of hydrogen-bond acceptors (Lipinski definition) is 8. The molecule has 0 aromatic heterocycles. The van der Waals surface area contributed by atoms with Crippen LogP contribution in [-0.2, 0) is 17.8 Å². The topological polar surface area (TPSA) is 104 Å². The van der Waals surface area contributed by atoms with Gasteiger partial charge in [0.15, 0.2) is 11.5 Å². The highest BCUT2D eigenvalue weighted by Gasteiger charge is 2.35. The molecule has 2 atom stereocenters. The predicted molar refractivity (Wildman–Crippen MR) is 209 cm³/mol. The zero-order valence-corrected chi connectivity index (χ0v) is 31.3. The Morgan fingerprint density at radius 1 is 0.870 bits per heavy atom. The molecule has 3 amide bonds. The van der Waals surface area contributed by atoms with Crippen LogP contribution in [-0.4, -0.2) is 98.3 Å². The molecule has 0 bridgehead atoms. The first kappa shape index (κ1) is 35.6. The van der Waals surface area contributed by atoms with E-state index in [4.69, 9.17) is 19.2 Å². The van der Waals surface area contributed by atoms with E-state index in [2.05, 4.69) is 17.9 Å². The van der Waals surface area contributed by atoms with Crippen LogP contribution >= 0.6 is 0 Å². The second-order valence-corrected chi connectivity index (χ2v) is 14.8. The van der Waals surface area contributed by atoms with Crippen molar-refractivity contribution in [2.75, 3.05) is 58.3 Å². The Kier molecular flexibility index (Phi) is 9.98. The highest BCUT2D eigenvalue weighted by molar-refractivity contribution is 6.05. The summed E-state index contributed by atoms with van der Waals surface area (Å²) in [6.07, 6.45) is 5.57. The monoisotopic (exact) mass is 729 g/mol. The zero-order valence-electron chi connectivity index (χ0n) is 31.3. The molecule has 0 N–H and O–H groups in total. The van der Waals surface area contributed by atoms with E-state index >= 15 is 0 Å². The number of rotatable bonds is 8. The summed E-state index contributed by atoms with van der Waals surface area (Å²) >= 11 is 0. The van der Waals surface area contributed by atoms with Crippen LogP contribution < -0.4 is 19.1 Å². The number of carbonyl (C=O) groups is 3. The van der Waals surface area contributed by atoms with Gasteiger partial charge in [0.05, 0.1) is 36.5 Å². The number of ether oxygens (including phenoxy) is 3. The normalized spacial score (nSPS) is 19.6. The molecule has 2 fully saturated rings. The van der Waals surface area contributed by atoms with E-state index in [1.807, 2.05) is 71.6 Å². The molecule has 11 heteroatoms. The third kappa shape index (κ3) is 6.88. The molecule has 8 rings (SSSR count). The van der Waals surface area contributed by atoms with E-state index in [0.717, 1.165) is 78.5 Å². The van der Waals surface area contributed by atoms with Gasteiger partial charge >= 0.3 is 6.09 Å². The summed E-state index contributed by atoms with van der Waals surface area (Å²) in [5.74, 6) is 1.55. The second kappa shape index (κ2) is 15.1. The SMILES string of the molecule is CC[C@@H]1CN(C(=O)Cc2cccc(COc3cc4c(cc3OC)C(=O)N3CCCC[C@H]3C=N4)c2)c2cc(OC(=O)N3CCN(C)CC3)c3ccccc3c21. The molecule has 0 radical (unpaired) electrons. The number of carbonyl (C=O) groups excluding carboxylic acids is 3. The maximum atomic E-state index is 14.2. The molecule has 0 aliphatic carbocycles. The number of aliphatic imine (C=N–C) groups is 1. The number of nitrogens with zero attached hydrogens (tertiary/aromatic N) is 5. The number of benzene rings is 4. The number of likely N-dealkylation sites (N-methyl/N-ethyl adjacent to an activating group) is 1. The molecule has 4 aliphatic heterocycles. The summed E-state index contributed by atoms with van der Waals surface area (Å²) in [7, 11) is 3.62. The number of amides is 3. The Morgan fingerprint density at radius 2 is 1.67 bits per heavy atom. The molecule has 0 spiro atoms. The fourth-order valence-corrected chi connectivity index (χ4v) is 8.26. The van der Waals surface area contributed by atoms with E-state index in [0.29, 0.717) is 48.1 Å². The maximum absolute atomic E-state index is 14.2. The fourth-order valence-electron chi connectivity index (χ4n) is 8.26. The van der Waals surface area contributed by atoms with Crippen molar-refractivity contribution in [1.82, 2.24) is 14.7 Å². The number of piperazine rings is 1. The van der Waals surface area contributed by atoms with Crippen molar-refractivity contribution in [3.05, 3.63) is 89.0 Å². The van der Waals surface area contributed by atoms with Gasteiger partial charge in [-0.25, -0.2) is 4.79 Å². The minimum atomic E-state index is -0.365. The van der Waals surface area contributed by atoms with Gasteiger partial charge in [-0.1, -0.05) is 55.5 Å². The molecule has 4 aliphatic rings. The Hall–Kier alpha value is -5.42. The average Bonchev–Trinajstić information content (AvgIpc) is 3.52. The first-order valence-electron chi connectivity index (χ1n) is 19.1. The molecular weight excluding hydrogens is 683 g/mol. The molecule has 4 heterocycles. The van der Waals surface area contributed by atoms with Gasteiger partial charge in [-0.2, -0.15) is 0 Å². The Morgan fingerprint density at radius 3 is 2.46 bits per heavy atom. The Labute approximate surface area is 316 Å². The lowest BCUT2D eigenvalue weighted by Gasteiger charge is -2.32. The van der Waals surface area contributed by atoms with E-state index in [1.165, 1.54) is 0 Å². The lowest BCUT2D eigenvalue weighted by molar-refractivity contribution is -0.117. The third-order valence-corrected chi connectivity index (χ3v) is 11.3. The summed E-state index contributed by atoms with van der Waals surface area (Å²) < 4.78 is 18.0. The molecule has 0 unspecified atom stereocenters. The minimum Gasteiger partial charge on any atom is -0.493 e. The van der Waals surface area contributed by atoms with Crippen molar-refractivity contribution in [2.24, 2.45) is 4.99 Å². The maximum Gasteiger partial charge on any atom is 0.415 e. The lowest BCUT2D eigenvalue weighted by Crippen LogP contribution is -2.48. The second-order valence-electron chi connectivity index (χ2n) is 14.8. The first-order chi connectivity index (χ1) is 26.3. The number of fused-ring (bicyclic) bond motifs is 5. The molecular formula is C43H47N5O6. The van der Waals surface area contributed by atoms with Crippen LogP contribution in [0.15, 0.2) is 71.7 Å².